The van der Waals surface area contributed by atoms with E-state index in [0.29, 0.717) is 18.8 Å². The van der Waals surface area contributed by atoms with Crippen LogP contribution in [0.25, 0.3) is 0 Å². The average Bonchev–Trinajstić information content (AvgIpc) is 2.33. The van der Waals surface area contributed by atoms with Crippen LogP contribution in [0.2, 0.25) is 0 Å². The molecule has 19 heavy (non-hydrogen) atoms. The van der Waals surface area contributed by atoms with Crippen LogP contribution in [0.1, 0.15) is 49.8 Å². The number of hydrazine groups is 1. The van der Waals surface area contributed by atoms with Crippen LogP contribution in [-0.4, -0.2) is 20.4 Å². The molecule has 3 N–H and O–H groups in total. The molecule has 0 bridgehead atoms. The van der Waals surface area contributed by atoms with Crippen molar-refractivity contribution in [3.05, 3.63) is 35.4 Å². The van der Waals surface area contributed by atoms with E-state index in [2.05, 4.69) is 43.5 Å². The lowest BCUT2D eigenvalue weighted by atomic mass is 9.97. The zero-order valence-electron chi connectivity index (χ0n) is 11.9. The third-order valence-electron chi connectivity index (χ3n) is 3.21. The summed E-state index contributed by atoms with van der Waals surface area (Å²) in [6.07, 6.45) is 2.58. The predicted molar refractivity (Wildman–Crippen MR) is 79.5 cm³/mol. The summed E-state index contributed by atoms with van der Waals surface area (Å²) in [5.74, 6) is 6.26. The van der Waals surface area contributed by atoms with Gasteiger partial charge in [-0.25, -0.2) is 8.42 Å². The fraction of sp³-hybridized carbons (Fsp3) is 0.571. The molecule has 1 rings (SSSR count). The highest BCUT2D eigenvalue weighted by atomic mass is 32.2. The lowest BCUT2D eigenvalue weighted by molar-refractivity contribution is 0.507. The smallest absolute Gasteiger partial charge is 0.147 e. The largest absolute Gasteiger partial charge is 0.271 e. The maximum Gasteiger partial charge on any atom is 0.147 e. The number of nitrogens with two attached hydrogens (primary N) is 1. The summed E-state index contributed by atoms with van der Waals surface area (Å²) in [5, 5.41) is 0. The van der Waals surface area contributed by atoms with Crippen molar-refractivity contribution in [1.29, 1.82) is 0 Å². The van der Waals surface area contributed by atoms with E-state index >= 15 is 0 Å². The van der Waals surface area contributed by atoms with Crippen LogP contribution < -0.4 is 11.3 Å². The second-order valence-electron chi connectivity index (χ2n) is 5.31. The molecule has 0 heterocycles. The van der Waals surface area contributed by atoms with Gasteiger partial charge in [-0.1, -0.05) is 38.1 Å². The van der Waals surface area contributed by atoms with Gasteiger partial charge in [0, 0.05) is 18.1 Å². The summed E-state index contributed by atoms with van der Waals surface area (Å²) in [6.45, 7) is 4.31. The fourth-order valence-corrected chi connectivity index (χ4v) is 2.70. The lowest BCUT2D eigenvalue weighted by Gasteiger charge is -2.17. The van der Waals surface area contributed by atoms with Crippen LogP contribution in [0.5, 0.6) is 0 Å². The van der Waals surface area contributed by atoms with Gasteiger partial charge < -0.3 is 0 Å². The summed E-state index contributed by atoms with van der Waals surface area (Å²) in [5.41, 5.74) is 5.14. The van der Waals surface area contributed by atoms with E-state index in [9.17, 15) is 8.42 Å². The van der Waals surface area contributed by atoms with Gasteiger partial charge in [0.15, 0.2) is 0 Å². The molecule has 4 nitrogen and oxygen atoms in total. The van der Waals surface area contributed by atoms with Gasteiger partial charge in [-0.3, -0.25) is 11.3 Å². The minimum absolute atomic E-state index is 0.00274. The third-order valence-corrected chi connectivity index (χ3v) is 4.24. The molecule has 0 fully saturated rings. The number of nitrogens with one attached hydrogen (secondary N) is 1. The van der Waals surface area contributed by atoms with E-state index in [4.69, 9.17) is 5.84 Å². The Balaban J connectivity index is 2.64. The molecule has 0 aromatic heterocycles. The Kier molecular flexibility index (Phi) is 5.97. The van der Waals surface area contributed by atoms with Crippen LogP contribution >= 0.6 is 0 Å². The van der Waals surface area contributed by atoms with Gasteiger partial charge in [0.1, 0.15) is 9.84 Å². The maximum atomic E-state index is 11.1. The number of rotatable bonds is 7. The summed E-state index contributed by atoms with van der Waals surface area (Å²) >= 11 is 0. The second kappa shape index (κ2) is 7.03. The van der Waals surface area contributed by atoms with Crippen LogP contribution in [0.15, 0.2) is 24.3 Å². The van der Waals surface area contributed by atoms with E-state index in [1.807, 2.05) is 0 Å². The summed E-state index contributed by atoms with van der Waals surface area (Å²) in [7, 11) is -2.90. The van der Waals surface area contributed by atoms with Gasteiger partial charge in [0.25, 0.3) is 0 Å². The lowest BCUT2D eigenvalue weighted by Crippen LogP contribution is -2.28. The normalized spacial score (nSPS) is 13.7. The molecule has 0 radical (unpaired) electrons. The van der Waals surface area contributed by atoms with Crippen LogP contribution in [0, 0.1) is 0 Å². The van der Waals surface area contributed by atoms with Crippen molar-refractivity contribution >= 4 is 9.84 Å². The van der Waals surface area contributed by atoms with Crippen LogP contribution in [0.3, 0.4) is 0 Å². The van der Waals surface area contributed by atoms with Gasteiger partial charge in [0.05, 0.1) is 0 Å². The molecule has 0 saturated heterocycles. The van der Waals surface area contributed by atoms with E-state index in [1.54, 1.807) is 0 Å². The van der Waals surface area contributed by atoms with E-state index < -0.39 is 9.84 Å². The molecule has 0 spiro atoms. The van der Waals surface area contributed by atoms with Gasteiger partial charge in [0.2, 0.25) is 0 Å². The highest BCUT2D eigenvalue weighted by molar-refractivity contribution is 7.90. The van der Waals surface area contributed by atoms with Crippen molar-refractivity contribution in [2.24, 2.45) is 5.84 Å². The van der Waals surface area contributed by atoms with Gasteiger partial charge in [-0.15, -0.1) is 0 Å². The van der Waals surface area contributed by atoms with Crippen molar-refractivity contribution < 1.29 is 8.42 Å². The topological polar surface area (TPSA) is 72.2 Å². The second-order valence-corrected chi connectivity index (χ2v) is 7.57. The number of benzene rings is 1. The Morgan fingerprint density at radius 2 is 1.68 bits per heavy atom. The van der Waals surface area contributed by atoms with Crippen molar-refractivity contribution in [1.82, 2.24) is 5.43 Å². The quantitative estimate of drug-likeness (QED) is 0.594. The van der Waals surface area contributed by atoms with E-state index in [-0.39, 0.29) is 11.8 Å². The maximum absolute atomic E-state index is 11.1. The van der Waals surface area contributed by atoms with Crippen molar-refractivity contribution in [2.75, 3.05) is 12.0 Å². The fourth-order valence-electron chi connectivity index (χ4n) is 2.01. The predicted octanol–water partition coefficient (Wildman–Crippen LogP) is 2.14. The Morgan fingerprint density at radius 3 is 2.11 bits per heavy atom. The molecule has 1 unspecified atom stereocenters. The van der Waals surface area contributed by atoms with Crippen molar-refractivity contribution in [3.63, 3.8) is 0 Å². The van der Waals surface area contributed by atoms with E-state index in [0.717, 1.165) is 5.56 Å². The Morgan fingerprint density at radius 1 is 1.16 bits per heavy atom. The van der Waals surface area contributed by atoms with Crippen LogP contribution in [-0.2, 0) is 9.84 Å². The first-order valence-corrected chi connectivity index (χ1v) is 8.63. The Hall–Kier alpha value is -0.910. The molecule has 1 atom stereocenters. The van der Waals surface area contributed by atoms with Crippen molar-refractivity contribution in [3.8, 4) is 0 Å². The molecule has 0 aliphatic carbocycles. The standard InChI is InChI=1S/C14H24N2O2S/c1-11(2)12-6-8-13(9-7-12)14(16-15)5-4-10-19(3,17)18/h6-9,11,14,16H,4-5,10,15H2,1-3H3. The van der Waals surface area contributed by atoms with Gasteiger partial charge in [-0.2, -0.15) is 0 Å². The molecule has 0 saturated carbocycles. The first kappa shape index (κ1) is 16.1. The Labute approximate surface area is 116 Å². The summed E-state index contributed by atoms with van der Waals surface area (Å²) in [4.78, 5) is 0. The number of hydrogen-bond donors (Lipinski definition) is 2. The first-order valence-electron chi connectivity index (χ1n) is 6.57. The SMILES string of the molecule is CC(C)c1ccc(C(CCCS(C)(=O)=O)NN)cc1. The summed E-state index contributed by atoms with van der Waals surface area (Å²) in [6, 6.07) is 8.31. The number of hydrogen-bond acceptors (Lipinski definition) is 4. The molecular weight excluding hydrogens is 260 g/mol. The molecule has 0 amide bonds. The molecule has 1 aromatic carbocycles. The van der Waals surface area contributed by atoms with Crippen molar-refractivity contribution in [2.45, 2.75) is 38.6 Å². The number of sulfone groups is 1. The zero-order valence-corrected chi connectivity index (χ0v) is 12.7. The Bertz CT molecular complexity index is 481. The molecule has 1 aromatic rings. The van der Waals surface area contributed by atoms with Crippen LogP contribution in [0.4, 0.5) is 0 Å². The first-order chi connectivity index (χ1) is 8.83. The van der Waals surface area contributed by atoms with E-state index in [1.165, 1.54) is 11.8 Å². The molecule has 0 aliphatic rings. The molecule has 0 aliphatic heterocycles. The molecule has 5 heteroatoms. The average molecular weight is 284 g/mol. The molecule has 108 valence electrons. The zero-order chi connectivity index (χ0) is 14.5. The monoisotopic (exact) mass is 284 g/mol. The molecular formula is C14H24N2O2S. The highest BCUT2D eigenvalue weighted by Gasteiger charge is 2.11. The highest BCUT2D eigenvalue weighted by Crippen LogP contribution is 2.21. The minimum atomic E-state index is -2.90. The third kappa shape index (κ3) is 5.72. The van der Waals surface area contributed by atoms with Gasteiger partial charge in [-0.05, 0) is 29.9 Å². The summed E-state index contributed by atoms with van der Waals surface area (Å²) < 4.78 is 22.2. The van der Waals surface area contributed by atoms with Gasteiger partial charge >= 0.3 is 0 Å². The minimum Gasteiger partial charge on any atom is -0.271 e.